The highest BCUT2D eigenvalue weighted by atomic mass is 16.3. The smallest absolute Gasteiger partial charge is 0.113 e. The molecule has 0 fully saturated rings. The fourth-order valence-electron chi connectivity index (χ4n) is 4.26. The molecular weight excluding hydrogens is 404 g/mol. The van der Waals surface area contributed by atoms with E-state index in [9.17, 15) is 5.11 Å². The minimum atomic E-state index is -0.672. The molecule has 1 aliphatic heterocycles. The number of aliphatic hydroxyl groups is 1. The van der Waals surface area contributed by atoms with Gasteiger partial charge < -0.3 is 10.0 Å². The zero-order chi connectivity index (χ0) is 23.3. The van der Waals surface area contributed by atoms with Crippen molar-refractivity contribution in [2.24, 2.45) is 5.92 Å². The number of pyridine rings is 1. The molecule has 0 spiro atoms. The Labute approximate surface area is 198 Å². The number of allylic oxidation sites excluding steroid dienone is 2. The fraction of sp³-hybridized carbons (Fsp3) is 0.367. The number of aromatic nitrogens is 1. The predicted octanol–water partition coefficient (Wildman–Crippen LogP) is 6.06. The Hall–Kier alpha value is -3.09. The molecule has 0 saturated heterocycles. The normalized spacial score (nSPS) is 23.0. The molecule has 2 heterocycles. The summed E-state index contributed by atoms with van der Waals surface area (Å²) in [6, 6.07) is 12.5. The maximum absolute atomic E-state index is 10.0. The number of nitrogens with zero attached hydrogens (tertiary/aromatic N) is 2. The second-order valence-corrected chi connectivity index (χ2v) is 9.80. The topological polar surface area (TPSA) is 36.4 Å². The summed E-state index contributed by atoms with van der Waals surface area (Å²) in [4.78, 5) is 6.80. The molecule has 0 amide bonds. The molecule has 33 heavy (non-hydrogen) atoms. The molecule has 0 saturated carbocycles. The predicted molar refractivity (Wildman–Crippen MR) is 137 cm³/mol. The second-order valence-electron chi connectivity index (χ2n) is 9.80. The molecule has 3 nitrogen and oxygen atoms in total. The van der Waals surface area contributed by atoms with Crippen molar-refractivity contribution in [1.82, 2.24) is 9.88 Å². The standard InChI is InChI=1S/C30H34N2O/c1-23-4-11-27(12-5-23)28-13-15-29(31-21-28)14-10-25-6-8-26(9-7-25)20-24(2)22-32-18-16-30(3,33)17-19-32/h6-9,11,13,15-16,18,20-21,23,33H,4-5,12,17,19,22H2,1-3H3/b24-20+. The van der Waals surface area contributed by atoms with Crippen LogP contribution in [0.3, 0.4) is 0 Å². The van der Waals surface area contributed by atoms with E-state index in [0.29, 0.717) is 0 Å². The van der Waals surface area contributed by atoms with Gasteiger partial charge in [-0.3, -0.25) is 0 Å². The lowest BCUT2D eigenvalue weighted by molar-refractivity contribution is 0.0808. The van der Waals surface area contributed by atoms with Gasteiger partial charge in [-0.1, -0.05) is 48.8 Å². The molecule has 3 heteroatoms. The number of hydrogen-bond donors (Lipinski definition) is 1. The van der Waals surface area contributed by atoms with E-state index in [1.165, 1.54) is 35.1 Å². The van der Waals surface area contributed by atoms with Crippen LogP contribution in [0.1, 0.15) is 68.8 Å². The molecule has 0 radical (unpaired) electrons. The first-order valence-corrected chi connectivity index (χ1v) is 12.0. The van der Waals surface area contributed by atoms with Crippen molar-refractivity contribution in [2.75, 3.05) is 13.1 Å². The van der Waals surface area contributed by atoms with Gasteiger partial charge in [0.15, 0.2) is 0 Å². The molecule has 4 rings (SSSR count). The van der Waals surface area contributed by atoms with Gasteiger partial charge in [0.1, 0.15) is 5.69 Å². The van der Waals surface area contributed by atoms with E-state index >= 15 is 0 Å². The number of rotatable bonds is 4. The Bertz CT molecular complexity index is 1110. The Morgan fingerprint density at radius 2 is 2.03 bits per heavy atom. The summed E-state index contributed by atoms with van der Waals surface area (Å²) >= 11 is 0. The van der Waals surface area contributed by atoms with Gasteiger partial charge in [-0.05, 0) is 98.5 Å². The lowest BCUT2D eigenvalue weighted by Gasteiger charge is -2.31. The van der Waals surface area contributed by atoms with Crippen molar-refractivity contribution < 1.29 is 5.11 Å². The Kier molecular flexibility index (Phi) is 7.16. The highest BCUT2D eigenvalue weighted by molar-refractivity contribution is 5.66. The summed E-state index contributed by atoms with van der Waals surface area (Å²) < 4.78 is 0. The van der Waals surface area contributed by atoms with Crippen molar-refractivity contribution in [2.45, 2.75) is 52.1 Å². The monoisotopic (exact) mass is 438 g/mol. The van der Waals surface area contributed by atoms with Crippen molar-refractivity contribution in [3.8, 4) is 11.8 Å². The molecule has 1 N–H and O–H groups in total. The molecule has 2 aromatic rings. The van der Waals surface area contributed by atoms with Crippen LogP contribution >= 0.6 is 0 Å². The van der Waals surface area contributed by atoms with Gasteiger partial charge in [0.05, 0.1) is 5.60 Å². The van der Waals surface area contributed by atoms with Gasteiger partial charge in [-0.25, -0.2) is 4.98 Å². The van der Waals surface area contributed by atoms with Crippen molar-refractivity contribution in [3.05, 3.63) is 88.9 Å². The molecule has 1 aromatic carbocycles. The molecule has 170 valence electrons. The number of benzene rings is 1. The quantitative estimate of drug-likeness (QED) is 0.590. The first-order chi connectivity index (χ1) is 15.9. The summed E-state index contributed by atoms with van der Waals surface area (Å²) in [5, 5.41) is 10.0. The lowest BCUT2D eigenvalue weighted by Crippen LogP contribution is -2.34. The molecular formula is C30H34N2O. The average Bonchev–Trinajstić information content (AvgIpc) is 2.81. The van der Waals surface area contributed by atoms with Gasteiger partial charge in [-0.2, -0.15) is 0 Å². The molecule has 1 aliphatic carbocycles. The third-order valence-electron chi connectivity index (χ3n) is 6.47. The zero-order valence-corrected chi connectivity index (χ0v) is 20.0. The van der Waals surface area contributed by atoms with E-state index in [-0.39, 0.29) is 0 Å². The molecule has 2 aliphatic rings. The summed E-state index contributed by atoms with van der Waals surface area (Å²) in [5.41, 5.74) is 6.22. The molecule has 2 unspecified atom stereocenters. The lowest BCUT2D eigenvalue weighted by atomic mass is 9.88. The summed E-state index contributed by atoms with van der Waals surface area (Å²) in [6.07, 6.45) is 14.8. The largest absolute Gasteiger partial charge is 0.386 e. The number of hydrogen-bond acceptors (Lipinski definition) is 3. The van der Waals surface area contributed by atoms with E-state index in [4.69, 9.17) is 0 Å². The van der Waals surface area contributed by atoms with Crippen LogP contribution < -0.4 is 0 Å². The van der Waals surface area contributed by atoms with E-state index in [2.05, 4.69) is 78.1 Å². The van der Waals surface area contributed by atoms with Crippen LogP contribution in [-0.4, -0.2) is 33.7 Å². The van der Waals surface area contributed by atoms with E-state index in [1.54, 1.807) is 0 Å². The minimum absolute atomic E-state index is 0.672. The van der Waals surface area contributed by atoms with Crippen LogP contribution in [0.2, 0.25) is 0 Å². The highest BCUT2D eigenvalue weighted by Crippen LogP contribution is 2.29. The average molecular weight is 439 g/mol. The summed E-state index contributed by atoms with van der Waals surface area (Å²) in [5.74, 6) is 7.21. The third kappa shape index (κ3) is 6.70. The maximum Gasteiger partial charge on any atom is 0.113 e. The van der Waals surface area contributed by atoms with E-state index < -0.39 is 5.60 Å². The van der Waals surface area contributed by atoms with E-state index in [1.807, 2.05) is 31.5 Å². The first kappa shape index (κ1) is 23.1. The maximum atomic E-state index is 10.0. The van der Waals surface area contributed by atoms with Gasteiger partial charge in [-0.15, -0.1) is 0 Å². The van der Waals surface area contributed by atoms with Crippen LogP contribution in [0.15, 0.2) is 66.5 Å². The Balaban J connectivity index is 1.35. The minimum Gasteiger partial charge on any atom is -0.386 e. The molecule has 0 bridgehead atoms. The Morgan fingerprint density at radius 1 is 1.21 bits per heavy atom. The van der Waals surface area contributed by atoms with Crippen LogP contribution in [0, 0.1) is 17.8 Å². The first-order valence-electron chi connectivity index (χ1n) is 12.0. The molecule has 2 atom stereocenters. The van der Waals surface area contributed by atoms with Crippen LogP contribution in [0.5, 0.6) is 0 Å². The highest BCUT2D eigenvalue weighted by Gasteiger charge is 2.21. The van der Waals surface area contributed by atoms with Crippen molar-refractivity contribution >= 4 is 11.6 Å². The van der Waals surface area contributed by atoms with Crippen LogP contribution in [0.25, 0.3) is 11.6 Å². The van der Waals surface area contributed by atoms with Crippen molar-refractivity contribution in [1.29, 1.82) is 0 Å². The third-order valence-corrected chi connectivity index (χ3v) is 6.47. The van der Waals surface area contributed by atoms with Gasteiger partial charge in [0.25, 0.3) is 0 Å². The summed E-state index contributed by atoms with van der Waals surface area (Å²) in [7, 11) is 0. The fourth-order valence-corrected chi connectivity index (χ4v) is 4.26. The zero-order valence-electron chi connectivity index (χ0n) is 20.0. The van der Waals surface area contributed by atoms with Gasteiger partial charge in [0.2, 0.25) is 0 Å². The second kappa shape index (κ2) is 10.2. The van der Waals surface area contributed by atoms with E-state index in [0.717, 1.165) is 43.1 Å². The Morgan fingerprint density at radius 3 is 2.67 bits per heavy atom. The van der Waals surface area contributed by atoms with Crippen molar-refractivity contribution in [3.63, 3.8) is 0 Å². The summed E-state index contributed by atoms with van der Waals surface area (Å²) in [6.45, 7) is 8.05. The van der Waals surface area contributed by atoms with Gasteiger partial charge >= 0.3 is 0 Å². The molecule has 1 aromatic heterocycles. The van der Waals surface area contributed by atoms with Crippen LogP contribution in [-0.2, 0) is 0 Å². The van der Waals surface area contributed by atoms with Gasteiger partial charge in [0, 0.05) is 24.8 Å². The van der Waals surface area contributed by atoms with Crippen LogP contribution in [0.4, 0.5) is 0 Å². The SMILES string of the molecule is C/C(=C\c1ccc(C#Cc2ccc(C3=CCC(C)CC3)cn2)cc1)CN1C=CC(C)(O)CC1.